The van der Waals surface area contributed by atoms with Gasteiger partial charge >= 0.3 is 0 Å². The van der Waals surface area contributed by atoms with Gasteiger partial charge in [-0.2, -0.15) is 0 Å². The molecular weight excluding hydrogens is 166 g/mol. The maximum atomic E-state index is 11.0. The molecule has 0 bridgehead atoms. The van der Waals surface area contributed by atoms with E-state index in [1.165, 1.54) is 0 Å². The Morgan fingerprint density at radius 1 is 1.31 bits per heavy atom. The number of amides is 1. The summed E-state index contributed by atoms with van der Waals surface area (Å²) in [4.78, 5) is 11.0. The summed E-state index contributed by atoms with van der Waals surface area (Å²) < 4.78 is 5.11. The summed E-state index contributed by atoms with van der Waals surface area (Å²) in [7, 11) is 1.60. The van der Waals surface area contributed by atoms with Gasteiger partial charge in [0, 0.05) is 5.56 Å². The third-order valence-electron chi connectivity index (χ3n) is 2.22. The highest BCUT2D eigenvalue weighted by Crippen LogP contribution is 2.23. The Morgan fingerprint density at radius 3 is 2.38 bits per heavy atom. The molecule has 70 valence electrons. The van der Waals surface area contributed by atoms with Crippen LogP contribution < -0.4 is 10.5 Å². The van der Waals surface area contributed by atoms with E-state index in [0.29, 0.717) is 5.56 Å². The van der Waals surface area contributed by atoms with Gasteiger partial charge in [-0.15, -0.1) is 0 Å². The monoisotopic (exact) mass is 179 g/mol. The van der Waals surface area contributed by atoms with E-state index in [1.54, 1.807) is 19.2 Å². The highest BCUT2D eigenvalue weighted by atomic mass is 16.5. The summed E-state index contributed by atoms with van der Waals surface area (Å²) in [6.45, 7) is 3.76. The first-order valence-electron chi connectivity index (χ1n) is 4.02. The van der Waals surface area contributed by atoms with Crippen molar-refractivity contribution < 1.29 is 9.53 Å². The van der Waals surface area contributed by atoms with Crippen molar-refractivity contribution in [1.82, 2.24) is 0 Å². The van der Waals surface area contributed by atoms with Gasteiger partial charge in [0.25, 0.3) is 0 Å². The minimum absolute atomic E-state index is 0.400. The number of methoxy groups -OCH3 is 1. The Kier molecular flexibility index (Phi) is 2.56. The fourth-order valence-corrected chi connectivity index (χ4v) is 1.28. The predicted molar refractivity (Wildman–Crippen MR) is 51.0 cm³/mol. The van der Waals surface area contributed by atoms with Gasteiger partial charge in [-0.1, -0.05) is 0 Å². The Hall–Kier alpha value is -1.51. The average molecular weight is 179 g/mol. The quantitative estimate of drug-likeness (QED) is 0.746. The van der Waals surface area contributed by atoms with Crippen molar-refractivity contribution in [2.75, 3.05) is 7.11 Å². The fourth-order valence-electron chi connectivity index (χ4n) is 1.28. The summed E-state index contributed by atoms with van der Waals surface area (Å²) >= 11 is 0. The van der Waals surface area contributed by atoms with Gasteiger partial charge in [0.15, 0.2) is 0 Å². The van der Waals surface area contributed by atoms with Gasteiger partial charge in [0.2, 0.25) is 5.91 Å². The molecule has 0 aliphatic carbocycles. The van der Waals surface area contributed by atoms with Crippen LogP contribution in [0.1, 0.15) is 21.5 Å². The van der Waals surface area contributed by atoms with E-state index in [0.717, 1.165) is 16.9 Å². The van der Waals surface area contributed by atoms with E-state index >= 15 is 0 Å². The molecule has 1 rings (SSSR count). The summed E-state index contributed by atoms with van der Waals surface area (Å²) in [6, 6.07) is 3.44. The van der Waals surface area contributed by atoms with Gasteiger partial charge in [-0.05, 0) is 37.1 Å². The number of ether oxygens (including phenoxy) is 1. The fraction of sp³-hybridized carbons (Fsp3) is 0.300. The maximum Gasteiger partial charge on any atom is 0.248 e. The van der Waals surface area contributed by atoms with Crippen LogP contribution in [0.25, 0.3) is 0 Å². The Balaban J connectivity index is 3.31. The van der Waals surface area contributed by atoms with Crippen LogP contribution in [0.2, 0.25) is 0 Å². The van der Waals surface area contributed by atoms with Crippen LogP contribution in [0, 0.1) is 13.8 Å². The molecule has 1 aromatic carbocycles. The molecule has 0 fully saturated rings. The molecule has 0 aliphatic rings. The lowest BCUT2D eigenvalue weighted by Gasteiger charge is -2.09. The van der Waals surface area contributed by atoms with Crippen LogP contribution in [-0.4, -0.2) is 13.0 Å². The van der Waals surface area contributed by atoms with Crippen LogP contribution in [0.5, 0.6) is 5.75 Å². The first kappa shape index (κ1) is 9.58. The standard InChI is InChI=1S/C10H13NO2/c1-6-7(2)9(13-3)5-4-8(6)10(11)12/h4-5H,1-3H3,(H2,11,12). The zero-order valence-corrected chi connectivity index (χ0v) is 8.05. The second-order valence-corrected chi connectivity index (χ2v) is 2.93. The molecule has 0 aromatic heterocycles. The molecule has 2 N–H and O–H groups in total. The van der Waals surface area contributed by atoms with Gasteiger partial charge in [0.1, 0.15) is 5.75 Å². The molecule has 0 unspecified atom stereocenters. The highest BCUT2D eigenvalue weighted by molar-refractivity contribution is 5.94. The summed E-state index contributed by atoms with van der Waals surface area (Å²) in [6.07, 6.45) is 0. The molecule has 0 saturated carbocycles. The van der Waals surface area contributed by atoms with Crippen molar-refractivity contribution in [2.45, 2.75) is 13.8 Å². The predicted octanol–water partition coefficient (Wildman–Crippen LogP) is 1.41. The van der Waals surface area contributed by atoms with Crippen molar-refractivity contribution in [2.24, 2.45) is 5.73 Å². The van der Waals surface area contributed by atoms with E-state index in [9.17, 15) is 4.79 Å². The summed E-state index contributed by atoms with van der Waals surface area (Å²) in [5.41, 5.74) is 7.59. The van der Waals surface area contributed by atoms with Crippen LogP contribution in [0.4, 0.5) is 0 Å². The molecule has 1 amide bonds. The van der Waals surface area contributed by atoms with E-state index in [1.807, 2.05) is 13.8 Å². The zero-order chi connectivity index (χ0) is 10.0. The minimum Gasteiger partial charge on any atom is -0.496 e. The van der Waals surface area contributed by atoms with Crippen LogP contribution in [0.15, 0.2) is 12.1 Å². The van der Waals surface area contributed by atoms with Crippen molar-refractivity contribution in [3.8, 4) is 5.75 Å². The van der Waals surface area contributed by atoms with E-state index in [-0.39, 0.29) is 0 Å². The molecular formula is C10H13NO2. The smallest absolute Gasteiger partial charge is 0.248 e. The van der Waals surface area contributed by atoms with E-state index < -0.39 is 5.91 Å². The van der Waals surface area contributed by atoms with Crippen molar-refractivity contribution in [3.05, 3.63) is 28.8 Å². The number of carbonyl (C=O) groups is 1. The lowest BCUT2D eigenvalue weighted by Crippen LogP contribution is -2.13. The van der Waals surface area contributed by atoms with Crippen LogP contribution in [0.3, 0.4) is 0 Å². The third kappa shape index (κ3) is 1.64. The molecule has 1 aromatic rings. The number of hydrogen-bond donors (Lipinski definition) is 1. The van der Waals surface area contributed by atoms with Crippen LogP contribution >= 0.6 is 0 Å². The molecule has 0 spiro atoms. The normalized spacial score (nSPS) is 9.77. The number of benzene rings is 1. The minimum atomic E-state index is -0.400. The van der Waals surface area contributed by atoms with Gasteiger partial charge in [0.05, 0.1) is 7.11 Å². The van der Waals surface area contributed by atoms with Gasteiger partial charge in [-0.25, -0.2) is 0 Å². The Bertz CT molecular complexity index is 345. The van der Waals surface area contributed by atoms with Crippen molar-refractivity contribution in [1.29, 1.82) is 0 Å². The number of nitrogens with two attached hydrogens (primary N) is 1. The SMILES string of the molecule is COc1ccc(C(N)=O)c(C)c1C. The second-order valence-electron chi connectivity index (χ2n) is 2.93. The molecule has 0 atom stereocenters. The molecule has 0 aliphatic heterocycles. The van der Waals surface area contributed by atoms with Crippen molar-refractivity contribution >= 4 is 5.91 Å². The Labute approximate surface area is 77.5 Å². The highest BCUT2D eigenvalue weighted by Gasteiger charge is 2.09. The molecule has 0 radical (unpaired) electrons. The largest absolute Gasteiger partial charge is 0.496 e. The average Bonchev–Trinajstić information content (AvgIpc) is 2.09. The molecule has 0 saturated heterocycles. The van der Waals surface area contributed by atoms with E-state index in [4.69, 9.17) is 10.5 Å². The van der Waals surface area contributed by atoms with Crippen LogP contribution in [-0.2, 0) is 0 Å². The third-order valence-corrected chi connectivity index (χ3v) is 2.22. The lowest BCUT2D eigenvalue weighted by molar-refractivity contribution is 0.0999. The summed E-state index contributed by atoms with van der Waals surface area (Å²) in [5.74, 6) is 0.380. The zero-order valence-electron chi connectivity index (χ0n) is 8.05. The maximum absolute atomic E-state index is 11.0. The number of rotatable bonds is 2. The first-order valence-corrected chi connectivity index (χ1v) is 4.02. The van der Waals surface area contributed by atoms with Gasteiger partial charge in [-0.3, -0.25) is 4.79 Å². The molecule has 0 heterocycles. The number of primary amides is 1. The lowest BCUT2D eigenvalue weighted by atomic mass is 10.0. The molecule has 3 heteroatoms. The van der Waals surface area contributed by atoms with E-state index in [2.05, 4.69) is 0 Å². The first-order chi connectivity index (χ1) is 6.07. The topological polar surface area (TPSA) is 52.3 Å². The Morgan fingerprint density at radius 2 is 1.92 bits per heavy atom. The number of carbonyl (C=O) groups excluding carboxylic acids is 1. The second kappa shape index (κ2) is 3.47. The summed E-state index contributed by atoms with van der Waals surface area (Å²) in [5, 5.41) is 0. The molecule has 3 nitrogen and oxygen atoms in total. The van der Waals surface area contributed by atoms with Gasteiger partial charge < -0.3 is 10.5 Å². The molecule has 13 heavy (non-hydrogen) atoms. The number of hydrogen-bond acceptors (Lipinski definition) is 2. The van der Waals surface area contributed by atoms with Crippen molar-refractivity contribution in [3.63, 3.8) is 0 Å².